The fraction of sp³-hybridized carbons (Fsp3) is 0.667. The lowest BCUT2D eigenvalue weighted by Crippen LogP contribution is -2.28. The molecule has 1 heterocycles. The van der Waals surface area contributed by atoms with Gasteiger partial charge >= 0.3 is 0 Å². The van der Waals surface area contributed by atoms with Crippen LogP contribution in [0.1, 0.15) is 39.6 Å². The quantitative estimate of drug-likeness (QED) is 0.871. The Kier molecular flexibility index (Phi) is 4.20. The Morgan fingerprint density at radius 1 is 1.53 bits per heavy atom. The summed E-state index contributed by atoms with van der Waals surface area (Å²) in [5.41, 5.74) is 0.842. The fourth-order valence-corrected chi connectivity index (χ4v) is 3.89. The van der Waals surface area contributed by atoms with E-state index in [4.69, 9.17) is 0 Å². The van der Waals surface area contributed by atoms with Gasteiger partial charge in [0.1, 0.15) is 4.88 Å². The Bertz CT molecular complexity index is 419. The maximum atomic E-state index is 12.0. The molecule has 94 valence electrons. The van der Waals surface area contributed by atoms with Gasteiger partial charge in [0.15, 0.2) is 0 Å². The molecule has 17 heavy (non-hydrogen) atoms. The second-order valence-electron chi connectivity index (χ2n) is 4.63. The Morgan fingerprint density at radius 3 is 2.82 bits per heavy atom. The van der Waals surface area contributed by atoms with Crippen molar-refractivity contribution in [3.05, 3.63) is 15.6 Å². The van der Waals surface area contributed by atoms with Crippen molar-refractivity contribution in [2.24, 2.45) is 5.92 Å². The molecule has 0 aromatic carbocycles. The summed E-state index contributed by atoms with van der Waals surface area (Å²) in [5.74, 6) is 0.656. The number of rotatable bonds is 3. The average Bonchev–Trinajstić information content (AvgIpc) is 2.81. The molecule has 2 rings (SSSR count). The maximum Gasteiger partial charge on any atom is 0.263 e. The summed E-state index contributed by atoms with van der Waals surface area (Å²) in [6, 6.07) is 0. The lowest BCUT2D eigenvalue weighted by atomic mass is 10.1. The highest BCUT2D eigenvalue weighted by Gasteiger charge is 2.23. The first-order valence-electron chi connectivity index (χ1n) is 5.92. The zero-order valence-electron chi connectivity index (χ0n) is 10.1. The molecule has 1 aliphatic rings. The van der Waals surface area contributed by atoms with Crippen molar-refractivity contribution >= 4 is 33.2 Å². The van der Waals surface area contributed by atoms with Gasteiger partial charge < -0.3 is 5.32 Å². The van der Waals surface area contributed by atoms with Crippen LogP contribution >= 0.6 is 27.3 Å². The van der Waals surface area contributed by atoms with Gasteiger partial charge in [0.05, 0.1) is 10.7 Å². The van der Waals surface area contributed by atoms with Crippen LogP contribution in [-0.2, 0) is 0 Å². The van der Waals surface area contributed by atoms with E-state index in [1.54, 1.807) is 0 Å². The predicted octanol–water partition coefficient (Wildman–Crippen LogP) is 3.05. The minimum atomic E-state index is 0.0334. The zero-order valence-corrected chi connectivity index (χ0v) is 12.5. The number of aromatic nitrogens is 1. The van der Waals surface area contributed by atoms with E-state index in [0.717, 1.165) is 22.1 Å². The first-order chi connectivity index (χ1) is 8.06. The standard InChI is InChI=1S/C12H17BrN2OS/c1-7-11(17-8(2)15-7)12(16)14-6-9-3-4-10(13)5-9/h9-10H,3-6H2,1-2H3,(H,14,16). The van der Waals surface area contributed by atoms with Gasteiger partial charge in [-0.15, -0.1) is 11.3 Å². The normalized spacial score (nSPS) is 23.9. The van der Waals surface area contributed by atoms with E-state index < -0.39 is 0 Å². The van der Waals surface area contributed by atoms with Gasteiger partial charge in [-0.2, -0.15) is 0 Å². The van der Waals surface area contributed by atoms with Crippen molar-refractivity contribution in [1.29, 1.82) is 0 Å². The Labute approximate surface area is 114 Å². The summed E-state index contributed by atoms with van der Waals surface area (Å²) in [5, 5.41) is 3.98. The number of halogens is 1. The minimum Gasteiger partial charge on any atom is -0.351 e. The largest absolute Gasteiger partial charge is 0.351 e. The molecule has 0 radical (unpaired) electrons. The van der Waals surface area contributed by atoms with Crippen LogP contribution in [-0.4, -0.2) is 22.3 Å². The first-order valence-corrected chi connectivity index (χ1v) is 7.65. The molecule has 1 fully saturated rings. The highest BCUT2D eigenvalue weighted by molar-refractivity contribution is 9.09. The van der Waals surface area contributed by atoms with Gasteiger partial charge in [0.25, 0.3) is 5.91 Å². The van der Waals surface area contributed by atoms with Crippen LogP contribution in [0.15, 0.2) is 0 Å². The van der Waals surface area contributed by atoms with Gasteiger partial charge in [-0.3, -0.25) is 4.79 Å². The minimum absolute atomic E-state index is 0.0334. The molecular formula is C12H17BrN2OS. The van der Waals surface area contributed by atoms with E-state index in [1.165, 1.54) is 30.6 Å². The van der Waals surface area contributed by atoms with Gasteiger partial charge in [-0.25, -0.2) is 4.98 Å². The molecule has 1 N–H and O–H groups in total. The number of nitrogens with one attached hydrogen (secondary N) is 1. The van der Waals surface area contributed by atoms with E-state index in [-0.39, 0.29) is 5.91 Å². The molecule has 0 spiro atoms. The van der Waals surface area contributed by atoms with Crippen LogP contribution in [0.4, 0.5) is 0 Å². The molecule has 0 bridgehead atoms. The predicted molar refractivity (Wildman–Crippen MR) is 74.0 cm³/mol. The highest BCUT2D eigenvalue weighted by Crippen LogP contribution is 2.30. The number of carbonyl (C=O) groups is 1. The van der Waals surface area contributed by atoms with Crippen molar-refractivity contribution in [2.75, 3.05) is 6.54 Å². The third-order valence-electron chi connectivity index (χ3n) is 3.14. The molecular weight excluding hydrogens is 300 g/mol. The Hall–Kier alpha value is -0.420. The number of amides is 1. The van der Waals surface area contributed by atoms with E-state index in [2.05, 4.69) is 26.2 Å². The van der Waals surface area contributed by atoms with Gasteiger partial charge in [0, 0.05) is 11.4 Å². The topological polar surface area (TPSA) is 42.0 Å². The fourth-order valence-electron chi connectivity index (χ4n) is 2.26. The molecule has 1 aromatic rings. The summed E-state index contributed by atoms with van der Waals surface area (Å²) in [6.07, 6.45) is 3.59. The average molecular weight is 317 g/mol. The van der Waals surface area contributed by atoms with Crippen LogP contribution in [0.5, 0.6) is 0 Å². The van der Waals surface area contributed by atoms with Crippen molar-refractivity contribution in [1.82, 2.24) is 10.3 Å². The molecule has 5 heteroatoms. The third kappa shape index (κ3) is 3.28. The SMILES string of the molecule is Cc1nc(C)c(C(=O)NCC2CCC(Br)C2)s1. The van der Waals surface area contributed by atoms with E-state index in [9.17, 15) is 4.79 Å². The molecule has 0 saturated heterocycles. The molecule has 1 aromatic heterocycles. The van der Waals surface area contributed by atoms with Gasteiger partial charge in [0.2, 0.25) is 0 Å². The molecule has 1 saturated carbocycles. The molecule has 3 nitrogen and oxygen atoms in total. The Balaban J connectivity index is 1.87. The van der Waals surface area contributed by atoms with Gasteiger partial charge in [-0.05, 0) is 39.0 Å². The van der Waals surface area contributed by atoms with E-state index in [0.29, 0.717) is 10.7 Å². The summed E-state index contributed by atoms with van der Waals surface area (Å²) >= 11 is 5.10. The summed E-state index contributed by atoms with van der Waals surface area (Å²) in [6.45, 7) is 4.61. The van der Waals surface area contributed by atoms with Crippen LogP contribution in [0.2, 0.25) is 0 Å². The third-order valence-corrected chi connectivity index (χ3v) is 5.04. The molecule has 0 aliphatic heterocycles. The number of hydrogen-bond donors (Lipinski definition) is 1. The van der Waals surface area contributed by atoms with Crippen molar-refractivity contribution in [2.45, 2.75) is 37.9 Å². The summed E-state index contributed by atoms with van der Waals surface area (Å²) in [4.78, 5) is 17.6. The summed E-state index contributed by atoms with van der Waals surface area (Å²) in [7, 11) is 0. The van der Waals surface area contributed by atoms with Crippen molar-refractivity contribution < 1.29 is 4.79 Å². The Morgan fingerprint density at radius 2 is 2.29 bits per heavy atom. The number of nitrogens with zero attached hydrogens (tertiary/aromatic N) is 1. The molecule has 1 amide bonds. The monoisotopic (exact) mass is 316 g/mol. The number of aryl methyl sites for hydroxylation is 2. The molecule has 2 unspecified atom stereocenters. The van der Waals surface area contributed by atoms with Crippen molar-refractivity contribution in [3.63, 3.8) is 0 Å². The smallest absolute Gasteiger partial charge is 0.263 e. The highest BCUT2D eigenvalue weighted by atomic mass is 79.9. The zero-order chi connectivity index (χ0) is 12.4. The number of thiazole rings is 1. The molecule has 1 aliphatic carbocycles. The van der Waals surface area contributed by atoms with E-state index in [1.807, 2.05) is 13.8 Å². The van der Waals surface area contributed by atoms with Crippen molar-refractivity contribution in [3.8, 4) is 0 Å². The van der Waals surface area contributed by atoms with Crippen LogP contribution < -0.4 is 5.32 Å². The van der Waals surface area contributed by atoms with Crippen LogP contribution in [0, 0.1) is 19.8 Å². The maximum absolute atomic E-state index is 12.0. The second kappa shape index (κ2) is 5.48. The number of alkyl halides is 1. The van der Waals surface area contributed by atoms with Crippen LogP contribution in [0.25, 0.3) is 0 Å². The van der Waals surface area contributed by atoms with Gasteiger partial charge in [-0.1, -0.05) is 15.9 Å². The lowest BCUT2D eigenvalue weighted by molar-refractivity contribution is 0.0950. The first kappa shape index (κ1) is 13.0. The molecule has 2 atom stereocenters. The number of carbonyl (C=O) groups excluding carboxylic acids is 1. The van der Waals surface area contributed by atoms with E-state index >= 15 is 0 Å². The number of hydrogen-bond acceptors (Lipinski definition) is 3. The van der Waals surface area contributed by atoms with Crippen LogP contribution in [0.3, 0.4) is 0 Å². The lowest BCUT2D eigenvalue weighted by Gasteiger charge is -2.10. The second-order valence-corrected chi connectivity index (χ2v) is 7.13. The summed E-state index contributed by atoms with van der Waals surface area (Å²) < 4.78 is 0.